The quantitative estimate of drug-likeness (QED) is 0.695. The van der Waals surface area contributed by atoms with Crippen LogP contribution in [0.2, 0.25) is 0 Å². The molecular weight excluding hydrogens is 200 g/mol. The zero-order valence-electron chi connectivity index (χ0n) is 6.72. The zero-order chi connectivity index (χ0) is 10.0. The Bertz CT molecular complexity index is 341. The number of nitrogens with zero attached hydrogens (tertiary/aromatic N) is 1. The average Bonchev–Trinajstić information content (AvgIpc) is 2.02. The molecule has 0 N–H and O–H groups in total. The Kier molecular flexibility index (Phi) is 2.93. The van der Waals surface area contributed by atoms with Crippen LogP contribution >= 0.6 is 11.6 Å². The lowest BCUT2D eigenvalue weighted by Crippen LogP contribution is -2.02. The van der Waals surface area contributed by atoms with Crippen molar-refractivity contribution in [2.75, 3.05) is 0 Å². The normalized spacial score (nSPS) is 10.5. The van der Waals surface area contributed by atoms with Crippen molar-refractivity contribution in [1.82, 2.24) is 4.98 Å². The average molecular weight is 206 g/mol. The lowest BCUT2D eigenvalue weighted by Gasteiger charge is -2.06. The topological polar surface area (TPSA) is 30.0 Å². The van der Waals surface area contributed by atoms with Crippen LogP contribution in [-0.4, -0.2) is 10.2 Å². The molecule has 0 amide bonds. The number of hydrogen-bond acceptors (Lipinski definition) is 2. The molecule has 0 atom stereocenters. The highest BCUT2D eigenvalue weighted by Crippen LogP contribution is 2.26. The Morgan fingerprint density at radius 3 is 2.54 bits per heavy atom. The minimum Gasteiger partial charge on any atom is -0.276 e. The van der Waals surface area contributed by atoms with E-state index in [9.17, 15) is 13.6 Å². The molecular formula is C8H6ClF2NO. The van der Waals surface area contributed by atoms with Crippen LogP contribution in [-0.2, 0) is 0 Å². The number of rotatable bonds is 2. The summed E-state index contributed by atoms with van der Waals surface area (Å²) in [5.41, 5.74) is -0.298. The predicted octanol–water partition coefficient (Wildman–Crippen LogP) is 2.71. The van der Waals surface area contributed by atoms with Crippen LogP contribution in [0.25, 0.3) is 0 Å². The van der Waals surface area contributed by atoms with Gasteiger partial charge in [0.25, 0.3) is 11.7 Å². The second-order valence-electron chi connectivity index (χ2n) is 2.49. The molecule has 0 radical (unpaired) electrons. The zero-order valence-corrected chi connectivity index (χ0v) is 7.48. The van der Waals surface area contributed by atoms with Gasteiger partial charge < -0.3 is 0 Å². The lowest BCUT2D eigenvalue weighted by atomic mass is 10.1. The molecule has 1 heterocycles. The number of pyridine rings is 1. The molecule has 5 heteroatoms. The van der Waals surface area contributed by atoms with Crippen LogP contribution in [0.3, 0.4) is 0 Å². The summed E-state index contributed by atoms with van der Waals surface area (Å²) in [4.78, 5) is 14.3. The van der Waals surface area contributed by atoms with E-state index in [-0.39, 0.29) is 16.7 Å². The molecule has 1 aromatic rings. The van der Waals surface area contributed by atoms with Crippen LogP contribution in [0, 0.1) is 6.92 Å². The van der Waals surface area contributed by atoms with Gasteiger partial charge in [-0.05, 0) is 24.1 Å². The molecule has 0 saturated heterocycles. The summed E-state index contributed by atoms with van der Waals surface area (Å²) in [5.74, 6) is 0. The van der Waals surface area contributed by atoms with Crippen LogP contribution in [0.1, 0.15) is 27.9 Å². The maximum Gasteiger partial charge on any atom is 0.264 e. The fraction of sp³-hybridized carbons (Fsp3) is 0.250. The number of aromatic nitrogens is 1. The highest BCUT2D eigenvalue weighted by atomic mass is 35.5. The maximum absolute atomic E-state index is 12.4. The summed E-state index contributed by atoms with van der Waals surface area (Å²) in [5, 5.41) is -0.911. The van der Waals surface area contributed by atoms with Crippen molar-refractivity contribution in [2.24, 2.45) is 0 Å². The molecule has 2 nitrogen and oxygen atoms in total. The van der Waals surface area contributed by atoms with Gasteiger partial charge in [-0.25, -0.2) is 8.78 Å². The lowest BCUT2D eigenvalue weighted by molar-refractivity contribution is 0.106. The molecule has 13 heavy (non-hydrogen) atoms. The number of carbonyl (C=O) groups excluding carboxylic acids is 1. The van der Waals surface area contributed by atoms with Gasteiger partial charge in [-0.15, -0.1) is 0 Å². The summed E-state index contributed by atoms with van der Waals surface area (Å²) in [7, 11) is 0. The van der Waals surface area contributed by atoms with E-state index in [4.69, 9.17) is 11.6 Å². The molecule has 0 aliphatic carbocycles. The summed E-state index contributed by atoms with van der Waals surface area (Å²) >= 11 is 5.11. The van der Waals surface area contributed by atoms with Crippen molar-refractivity contribution in [2.45, 2.75) is 13.3 Å². The molecule has 0 spiro atoms. The summed E-state index contributed by atoms with van der Waals surface area (Å²) in [6, 6.07) is 0. The van der Waals surface area contributed by atoms with Crippen molar-refractivity contribution >= 4 is 16.8 Å². The van der Waals surface area contributed by atoms with Gasteiger partial charge in [0.05, 0.1) is 5.56 Å². The van der Waals surface area contributed by atoms with Gasteiger partial charge in [0.15, 0.2) is 0 Å². The van der Waals surface area contributed by atoms with E-state index < -0.39 is 11.7 Å². The van der Waals surface area contributed by atoms with E-state index in [0.29, 0.717) is 0 Å². The molecule has 1 rings (SSSR count). The van der Waals surface area contributed by atoms with Crippen molar-refractivity contribution in [3.63, 3.8) is 0 Å². The summed E-state index contributed by atoms with van der Waals surface area (Å²) in [6.45, 7) is 1.46. The Hall–Kier alpha value is -1.03. The van der Waals surface area contributed by atoms with Crippen molar-refractivity contribution in [3.8, 4) is 0 Å². The number of aryl methyl sites for hydroxylation is 1. The Balaban J connectivity index is 3.34. The molecule has 0 unspecified atom stereocenters. The fourth-order valence-electron chi connectivity index (χ4n) is 1.02. The van der Waals surface area contributed by atoms with E-state index in [1.54, 1.807) is 0 Å². The van der Waals surface area contributed by atoms with Gasteiger partial charge in [0.1, 0.15) is 0 Å². The van der Waals surface area contributed by atoms with E-state index >= 15 is 0 Å². The van der Waals surface area contributed by atoms with Crippen molar-refractivity contribution < 1.29 is 13.6 Å². The first-order chi connectivity index (χ1) is 6.04. The van der Waals surface area contributed by atoms with E-state index in [1.165, 1.54) is 13.1 Å². The number of hydrogen-bond donors (Lipinski definition) is 0. The molecule has 0 aromatic carbocycles. The van der Waals surface area contributed by atoms with Gasteiger partial charge in [-0.1, -0.05) is 0 Å². The van der Waals surface area contributed by atoms with Gasteiger partial charge in [0.2, 0.25) is 0 Å². The number of carbonyl (C=O) groups is 1. The number of halogens is 3. The molecule has 70 valence electrons. The van der Waals surface area contributed by atoms with Crippen LogP contribution in [0.15, 0.2) is 12.4 Å². The molecule has 1 aromatic heterocycles. The predicted molar refractivity (Wildman–Crippen MR) is 44.1 cm³/mol. The van der Waals surface area contributed by atoms with Crippen LogP contribution < -0.4 is 0 Å². The monoisotopic (exact) mass is 205 g/mol. The highest BCUT2D eigenvalue weighted by Gasteiger charge is 2.19. The first-order valence-electron chi connectivity index (χ1n) is 3.46. The molecule has 0 fully saturated rings. The van der Waals surface area contributed by atoms with E-state index in [1.807, 2.05) is 0 Å². The second-order valence-corrected chi connectivity index (χ2v) is 2.84. The minimum atomic E-state index is -2.71. The standard InChI is InChI=1S/C8H6ClF2NO/c1-4-2-12-3-5(7(9)13)6(4)8(10)11/h2-3,8H,1H3. The smallest absolute Gasteiger partial charge is 0.264 e. The third-order valence-corrected chi connectivity index (χ3v) is 1.82. The first kappa shape index (κ1) is 10.1. The Morgan fingerprint density at radius 2 is 2.15 bits per heavy atom. The largest absolute Gasteiger partial charge is 0.276 e. The first-order valence-corrected chi connectivity index (χ1v) is 3.84. The summed E-state index contributed by atoms with van der Waals surface area (Å²) in [6.07, 6.45) is -0.394. The number of alkyl halides is 2. The van der Waals surface area contributed by atoms with Gasteiger partial charge >= 0.3 is 0 Å². The van der Waals surface area contributed by atoms with Crippen molar-refractivity contribution in [3.05, 3.63) is 29.1 Å². The molecule has 0 aliphatic rings. The third-order valence-electron chi connectivity index (χ3n) is 1.62. The molecule has 0 bridgehead atoms. The van der Waals surface area contributed by atoms with Crippen LogP contribution in [0.4, 0.5) is 8.78 Å². The third kappa shape index (κ3) is 2.01. The van der Waals surface area contributed by atoms with Crippen molar-refractivity contribution in [1.29, 1.82) is 0 Å². The Labute approximate surface area is 78.5 Å². The highest BCUT2D eigenvalue weighted by molar-refractivity contribution is 6.67. The maximum atomic E-state index is 12.4. The van der Waals surface area contributed by atoms with Gasteiger partial charge in [-0.2, -0.15) is 0 Å². The molecule has 0 aliphatic heterocycles. The van der Waals surface area contributed by atoms with E-state index in [2.05, 4.69) is 4.98 Å². The minimum absolute atomic E-state index is 0.225. The second kappa shape index (κ2) is 3.79. The summed E-state index contributed by atoms with van der Waals surface area (Å²) < 4.78 is 24.8. The van der Waals surface area contributed by atoms with Gasteiger partial charge in [0, 0.05) is 18.0 Å². The Morgan fingerprint density at radius 1 is 1.54 bits per heavy atom. The molecule has 0 saturated carbocycles. The fourth-order valence-corrected chi connectivity index (χ4v) is 1.17. The van der Waals surface area contributed by atoms with Crippen LogP contribution in [0.5, 0.6) is 0 Å². The van der Waals surface area contributed by atoms with E-state index in [0.717, 1.165) is 6.20 Å². The van der Waals surface area contributed by atoms with Gasteiger partial charge in [-0.3, -0.25) is 9.78 Å². The SMILES string of the molecule is Cc1cncc(C(=O)Cl)c1C(F)F.